The van der Waals surface area contributed by atoms with Gasteiger partial charge in [-0.05, 0) is 54.3 Å². The number of amides is 1. The van der Waals surface area contributed by atoms with Crippen LogP contribution in [0.3, 0.4) is 0 Å². The summed E-state index contributed by atoms with van der Waals surface area (Å²) < 4.78 is 28.6. The first-order valence-corrected chi connectivity index (χ1v) is 7.92. The number of nitrogens with one attached hydrogen (secondary N) is 1. The van der Waals surface area contributed by atoms with Gasteiger partial charge < -0.3 is 15.5 Å². The number of benzene rings is 1. The van der Waals surface area contributed by atoms with Crippen LogP contribution in [0.4, 0.5) is 20.3 Å². The standard InChI is InChI=1S/C18H16F2N4O/c1-9-12(4-11(21)5-14(9)19)10-2-3-17-22-16(8-24(17)7-10)23-18(25)13-6-15(13)20/h2-5,7-8,13,15H,6,21H2,1H3,(H,23,25)/t13-,15+/m1/s1. The van der Waals surface area contributed by atoms with E-state index in [1.54, 1.807) is 35.9 Å². The van der Waals surface area contributed by atoms with E-state index in [-0.39, 0.29) is 18.1 Å². The molecule has 3 aromatic rings. The Morgan fingerprint density at radius 1 is 1.36 bits per heavy atom. The van der Waals surface area contributed by atoms with E-state index in [2.05, 4.69) is 10.3 Å². The highest BCUT2D eigenvalue weighted by Gasteiger charge is 2.43. The third kappa shape index (κ3) is 2.82. The number of anilines is 2. The van der Waals surface area contributed by atoms with Crippen molar-refractivity contribution in [1.29, 1.82) is 0 Å². The predicted molar refractivity (Wildman–Crippen MR) is 91.4 cm³/mol. The summed E-state index contributed by atoms with van der Waals surface area (Å²) in [5.41, 5.74) is 8.69. The van der Waals surface area contributed by atoms with Crippen LogP contribution in [0.2, 0.25) is 0 Å². The van der Waals surface area contributed by atoms with Crippen molar-refractivity contribution in [3.8, 4) is 11.1 Å². The number of carbonyl (C=O) groups is 1. The molecule has 2 aromatic heterocycles. The van der Waals surface area contributed by atoms with E-state index in [9.17, 15) is 13.6 Å². The SMILES string of the molecule is Cc1c(F)cc(N)cc1-c1ccc2nc(NC(=O)[C@@H]3C[C@@H]3F)cn2c1. The van der Waals surface area contributed by atoms with Gasteiger partial charge in [-0.3, -0.25) is 4.79 Å². The molecule has 2 atom stereocenters. The Morgan fingerprint density at radius 3 is 2.84 bits per heavy atom. The molecule has 2 heterocycles. The summed E-state index contributed by atoms with van der Waals surface area (Å²) in [5, 5.41) is 2.62. The zero-order chi connectivity index (χ0) is 17.7. The lowest BCUT2D eigenvalue weighted by Crippen LogP contribution is -2.15. The number of fused-ring (bicyclic) bond motifs is 1. The van der Waals surface area contributed by atoms with Crippen LogP contribution in [0.25, 0.3) is 16.8 Å². The van der Waals surface area contributed by atoms with Crippen LogP contribution in [-0.2, 0) is 4.79 Å². The number of pyridine rings is 1. The fraction of sp³-hybridized carbons (Fsp3) is 0.222. The molecule has 1 aliphatic carbocycles. The fourth-order valence-corrected chi connectivity index (χ4v) is 2.87. The smallest absolute Gasteiger partial charge is 0.231 e. The highest BCUT2D eigenvalue weighted by atomic mass is 19.1. The van der Waals surface area contributed by atoms with E-state index >= 15 is 0 Å². The van der Waals surface area contributed by atoms with E-state index in [0.717, 1.165) is 5.56 Å². The topological polar surface area (TPSA) is 72.4 Å². The van der Waals surface area contributed by atoms with Crippen LogP contribution in [0.1, 0.15) is 12.0 Å². The molecule has 1 amide bonds. The Kier molecular flexibility index (Phi) is 3.45. The average Bonchev–Trinajstić information content (AvgIpc) is 3.16. The zero-order valence-electron chi connectivity index (χ0n) is 13.5. The molecule has 0 unspecified atom stereocenters. The number of nitrogens with zero attached hydrogens (tertiary/aromatic N) is 2. The third-order valence-corrected chi connectivity index (χ3v) is 4.43. The number of carbonyl (C=O) groups excluding carboxylic acids is 1. The lowest BCUT2D eigenvalue weighted by Gasteiger charge is -2.09. The number of halogens is 2. The van der Waals surface area contributed by atoms with Crippen molar-refractivity contribution in [3.63, 3.8) is 0 Å². The van der Waals surface area contributed by atoms with Gasteiger partial charge in [-0.15, -0.1) is 0 Å². The van der Waals surface area contributed by atoms with Gasteiger partial charge >= 0.3 is 0 Å². The van der Waals surface area contributed by atoms with Crippen molar-refractivity contribution in [3.05, 3.63) is 48.0 Å². The van der Waals surface area contributed by atoms with Gasteiger partial charge in [0.1, 0.15) is 17.6 Å². The molecule has 1 aliphatic rings. The first-order chi connectivity index (χ1) is 11.9. The number of nitrogen functional groups attached to an aromatic ring is 1. The maximum Gasteiger partial charge on any atom is 0.231 e. The molecular weight excluding hydrogens is 326 g/mol. The van der Waals surface area contributed by atoms with Crippen LogP contribution in [-0.4, -0.2) is 21.5 Å². The van der Waals surface area contributed by atoms with Crippen LogP contribution in [0.15, 0.2) is 36.7 Å². The van der Waals surface area contributed by atoms with Gasteiger partial charge in [0.25, 0.3) is 0 Å². The second-order valence-corrected chi connectivity index (χ2v) is 6.33. The van der Waals surface area contributed by atoms with Crippen LogP contribution in [0.5, 0.6) is 0 Å². The number of hydrogen-bond acceptors (Lipinski definition) is 3. The van der Waals surface area contributed by atoms with Crippen molar-refractivity contribution in [2.75, 3.05) is 11.1 Å². The minimum Gasteiger partial charge on any atom is -0.399 e. The summed E-state index contributed by atoms with van der Waals surface area (Å²) in [6.07, 6.45) is 2.65. The number of imidazole rings is 1. The summed E-state index contributed by atoms with van der Waals surface area (Å²) >= 11 is 0. The predicted octanol–water partition coefficient (Wildman–Crippen LogP) is 3.33. The molecule has 4 rings (SSSR count). The largest absolute Gasteiger partial charge is 0.399 e. The van der Waals surface area contributed by atoms with Crippen LogP contribution in [0, 0.1) is 18.7 Å². The number of rotatable bonds is 3. The number of alkyl halides is 1. The van der Waals surface area contributed by atoms with Gasteiger partial charge in [0.2, 0.25) is 5.91 Å². The van der Waals surface area contributed by atoms with Crippen molar-refractivity contribution >= 4 is 23.1 Å². The molecule has 3 N–H and O–H groups in total. The average molecular weight is 342 g/mol. The molecule has 0 saturated heterocycles. The summed E-state index contributed by atoms with van der Waals surface area (Å²) in [4.78, 5) is 16.1. The molecule has 0 aliphatic heterocycles. The van der Waals surface area contributed by atoms with Gasteiger partial charge in [0.05, 0.1) is 12.1 Å². The second kappa shape index (κ2) is 5.54. The van der Waals surface area contributed by atoms with E-state index in [4.69, 9.17) is 5.73 Å². The normalized spacial score (nSPS) is 19.2. The molecule has 128 valence electrons. The Bertz CT molecular complexity index is 998. The molecule has 1 fully saturated rings. The fourth-order valence-electron chi connectivity index (χ4n) is 2.87. The quantitative estimate of drug-likeness (QED) is 0.717. The third-order valence-electron chi connectivity index (χ3n) is 4.43. The highest BCUT2D eigenvalue weighted by molar-refractivity contribution is 5.94. The Morgan fingerprint density at radius 2 is 2.12 bits per heavy atom. The van der Waals surface area contributed by atoms with Crippen molar-refractivity contribution in [2.45, 2.75) is 19.5 Å². The Labute approximate surface area is 142 Å². The lowest BCUT2D eigenvalue weighted by molar-refractivity contribution is -0.117. The van der Waals surface area contributed by atoms with Crippen molar-refractivity contribution < 1.29 is 13.6 Å². The molecule has 7 heteroatoms. The highest BCUT2D eigenvalue weighted by Crippen LogP contribution is 2.34. The summed E-state index contributed by atoms with van der Waals surface area (Å²) in [5.74, 6) is -0.932. The number of hydrogen-bond donors (Lipinski definition) is 2. The molecule has 5 nitrogen and oxygen atoms in total. The van der Waals surface area contributed by atoms with Crippen LogP contribution >= 0.6 is 0 Å². The van der Waals surface area contributed by atoms with Gasteiger partial charge in [-0.1, -0.05) is 0 Å². The van der Waals surface area contributed by atoms with E-state index in [0.29, 0.717) is 28.3 Å². The maximum absolute atomic E-state index is 13.9. The second-order valence-electron chi connectivity index (χ2n) is 6.33. The van der Waals surface area contributed by atoms with E-state index < -0.39 is 12.1 Å². The monoisotopic (exact) mass is 342 g/mol. The molecule has 0 bridgehead atoms. The molecule has 1 saturated carbocycles. The first-order valence-electron chi connectivity index (χ1n) is 7.92. The molecule has 1 aromatic carbocycles. The van der Waals surface area contributed by atoms with Crippen molar-refractivity contribution in [2.24, 2.45) is 5.92 Å². The molecular formula is C18H16F2N4O. The minimum atomic E-state index is -1.05. The minimum absolute atomic E-state index is 0.267. The molecule has 0 spiro atoms. The van der Waals surface area contributed by atoms with E-state index in [1.165, 1.54) is 6.07 Å². The summed E-state index contributed by atoms with van der Waals surface area (Å²) in [7, 11) is 0. The van der Waals surface area contributed by atoms with Gasteiger partial charge in [-0.25, -0.2) is 13.8 Å². The van der Waals surface area contributed by atoms with Gasteiger partial charge in [0, 0.05) is 11.9 Å². The van der Waals surface area contributed by atoms with Crippen molar-refractivity contribution in [1.82, 2.24) is 9.38 Å². The Balaban J connectivity index is 1.68. The first kappa shape index (κ1) is 15.6. The van der Waals surface area contributed by atoms with Gasteiger partial charge in [0.15, 0.2) is 5.82 Å². The molecule has 0 radical (unpaired) electrons. The number of aromatic nitrogens is 2. The number of nitrogens with two attached hydrogens (primary N) is 1. The zero-order valence-corrected chi connectivity index (χ0v) is 13.5. The van der Waals surface area contributed by atoms with Gasteiger partial charge in [-0.2, -0.15) is 0 Å². The van der Waals surface area contributed by atoms with E-state index in [1.807, 2.05) is 6.07 Å². The summed E-state index contributed by atoms with van der Waals surface area (Å²) in [6.45, 7) is 1.69. The molecule has 25 heavy (non-hydrogen) atoms. The maximum atomic E-state index is 13.9. The lowest BCUT2D eigenvalue weighted by atomic mass is 10.0. The van der Waals surface area contributed by atoms with Crippen LogP contribution < -0.4 is 11.1 Å². The summed E-state index contributed by atoms with van der Waals surface area (Å²) in [6, 6.07) is 6.58. The Hall–Kier alpha value is -2.96.